The lowest BCUT2D eigenvalue weighted by atomic mass is 9.99. The Balaban J connectivity index is 1.50. The second-order valence-corrected chi connectivity index (χ2v) is 10.0. The molecule has 0 bridgehead atoms. The summed E-state index contributed by atoms with van der Waals surface area (Å²) in [7, 11) is -2.06. The van der Waals surface area contributed by atoms with Crippen molar-refractivity contribution in [3.8, 4) is 12.1 Å². The van der Waals surface area contributed by atoms with Crippen LogP contribution in [0, 0.1) is 11.5 Å². The number of urea groups is 1. The minimum absolute atomic E-state index is 0.0623. The van der Waals surface area contributed by atoms with E-state index < -0.39 is 15.9 Å². The lowest BCUT2D eigenvalue weighted by molar-refractivity contribution is 0.0165. The van der Waals surface area contributed by atoms with E-state index in [9.17, 15) is 14.3 Å². The van der Waals surface area contributed by atoms with E-state index in [4.69, 9.17) is 9.47 Å². The molecule has 5 rings (SSSR count). The predicted octanol–water partition coefficient (Wildman–Crippen LogP) is 2.31. The van der Waals surface area contributed by atoms with Crippen molar-refractivity contribution < 1.29 is 18.5 Å². The molecule has 2 heterocycles. The molecule has 0 saturated heterocycles. The van der Waals surface area contributed by atoms with Gasteiger partial charge in [-0.15, -0.1) is 4.36 Å². The number of carbonyl (C=O) groups excluding carboxylic acids is 1. The second kappa shape index (κ2) is 8.11. The fraction of sp³-hybridized carbons (Fsp3) is 0.476. The minimum Gasteiger partial charge on any atom is -0.474 e. The normalized spacial score (nSPS) is 20.2. The number of hydrogen-bond acceptors (Lipinski definition) is 6. The number of nitriles is 1. The van der Waals surface area contributed by atoms with E-state index in [0.29, 0.717) is 6.54 Å². The minimum atomic E-state index is -3.63. The first-order valence-corrected chi connectivity index (χ1v) is 12.2. The SMILES string of the molecule is CO[C@@H]1COc2c(S(=O)(=NC(=O)Nc3c4c(cc5c3CCC5)CCC4)NC#N)cnn2C1. The molecule has 1 aromatic heterocycles. The highest BCUT2D eigenvalue weighted by molar-refractivity contribution is 7.92. The van der Waals surface area contributed by atoms with Gasteiger partial charge < -0.3 is 14.8 Å². The number of methoxy groups -OCH3 is 1. The smallest absolute Gasteiger partial charge is 0.355 e. The van der Waals surface area contributed by atoms with Crippen molar-refractivity contribution in [2.45, 2.75) is 56.1 Å². The molecule has 2 amide bonds. The van der Waals surface area contributed by atoms with Crippen LogP contribution in [0.25, 0.3) is 0 Å². The highest BCUT2D eigenvalue weighted by Crippen LogP contribution is 2.39. The fourth-order valence-electron chi connectivity index (χ4n) is 4.79. The second-order valence-electron chi connectivity index (χ2n) is 8.16. The first kappa shape index (κ1) is 20.8. The number of aryl methyl sites for hydroxylation is 2. The average Bonchev–Trinajstić information content (AvgIpc) is 3.52. The molecule has 2 aromatic rings. The molecule has 2 atom stereocenters. The average molecular weight is 457 g/mol. The van der Waals surface area contributed by atoms with Gasteiger partial charge in [0.25, 0.3) is 0 Å². The van der Waals surface area contributed by atoms with Gasteiger partial charge in [-0.2, -0.15) is 10.4 Å². The summed E-state index contributed by atoms with van der Waals surface area (Å²) in [4.78, 5) is 13.0. The maximum Gasteiger partial charge on any atom is 0.355 e. The van der Waals surface area contributed by atoms with Crippen LogP contribution in [-0.2, 0) is 46.9 Å². The first-order valence-electron chi connectivity index (χ1n) is 10.6. The van der Waals surface area contributed by atoms with Crippen LogP contribution in [0.1, 0.15) is 35.1 Å². The van der Waals surface area contributed by atoms with Gasteiger partial charge in [-0.1, -0.05) is 6.07 Å². The van der Waals surface area contributed by atoms with Gasteiger partial charge in [0.05, 0.1) is 12.7 Å². The molecule has 10 nitrogen and oxygen atoms in total. The Bertz CT molecular complexity index is 1220. The summed E-state index contributed by atoms with van der Waals surface area (Å²) in [5.41, 5.74) is 5.63. The third kappa shape index (κ3) is 3.49. The van der Waals surface area contributed by atoms with Gasteiger partial charge in [-0.25, -0.2) is 18.4 Å². The molecule has 2 N–H and O–H groups in total. The number of ether oxygens (including phenoxy) is 2. The largest absolute Gasteiger partial charge is 0.474 e. The summed E-state index contributed by atoms with van der Waals surface area (Å²) in [6, 6.07) is 1.50. The summed E-state index contributed by atoms with van der Waals surface area (Å²) in [5, 5.41) is 16.3. The molecule has 0 radical (unpaired) electrons. The van der Waals surface area contributed by atoms with Crippen molar-refractivity contribution >= 4 is 21.6 Å². The molecule has 1 unspecified atom stereocenters. The molecule has 2 aliphatic carbocycles. The molecule has 0 fully saturated rings. The summed E-state index contributed by atoms with van der Waals surface area (Å²) in [5.74, 6) is 0.212. The van der Waals surface area contributed by atoms with Crippen molar-refractivity contribution in [3.63, 3.8) is 0 Å². The maximum atomic E-state index is 13.6. The van der Waals surface area contributed by atoms with Gasteiger partial charge in [0.2, 0.25) is 5.88 Å². The molecule has 0 spiro atoms. The third-order valence-corrected chi connectivity index (χ3v) is 7.94. The van der Waals surface area contributed by atoms with Crippen molar-refractivity contribution in [2.24, 2.45) is 4.36 Å². The number of rotatable bonds is 4. The molecule has 0 saturated carbocycles. The lowest BCUT2D eigenvalue weighted by Gasteiger charge is -2.23. The van der Waals surface area contributed by atoms with Crippen molar-refractivity contribution in [1.29, 1.82) is 5.26 Å². The van der Waals surface area contributed by atoms with Gasteiger partial charge in [-0.05, 0) is 60.8 Å². The van der Waals surface area contributed by atoms with Crippen molar-refractivity contribution in [2.75, 3.05) is 19.0 Å². The molecule has 168 valence electrons. The maximum absolute atomic E-state index is 13.6. The Morgan fingerprint density at radius 3 is 2.69 bits per heavy atom. The third-order valence-electron chi connectivity index (χ3n) is 6.27. The predicted molar refractivity (Wildman–Crippen MR) is 116 cm³/mol. The standard InChI is InChI=1S/C21H24N6O4S/c1-30-15-10-27-20(31-11-15)18(9-23-27)32(29,24-12-22)26-21(28)25-19-16-6-2-4-13(16)8-14-5-3-7-17(14)19/h8-9,15H,2-7,10-11H2,1H3,(H2,24,25,26,28,29)/t15-,32?/m0/s1. The molecule has 11 heteroatoms. The lowest BCUT2D eigenvalue weighted by Crippen LogP contribution is -2.32. The number of benzene rings is 1. The van der Waals surface area contributed by atoms with Gasteiger partial charge in [-0.3, -0.25) is 0 Å². The van der Waals surface area contributed by atoms with Crippen LogP contribution in [0.5, 0.6) is 5.88 Å². The Kier molecular flexibility index (Phi) is 5.27. The zero-order valence-corrected chi connectivity index (χ0v) is 18.5. The number of amides is 2. The van der Waals surface area contributed by atoms with Crippen LogP contribution in [0.4, 0.5) is 10.5 Å². The van der Waals surface area contributed by atoms with E-state index in [1.54, 1.807) is 13.3 Å². The molecule has 32 heavy (non-hydrogen) atoms. The molecular weight excluding hydrogens is 432 g/mol. The highest BCUT2D eigenvalue weighted by Gasteiger charge is 2.30. The van der Waals surface area contributed by atoms with Crippen LogP contribution in [0.3, 0.4) is 0 Å². The Morgan fingerprint density at radius 2 is 2.03 bits per heavy atom. The number of aromatic nitrogens is 2. The number of fused-ring (bicyclic) bond motifs is 3. The fourth-order valence-corrected chi connectivity index (χ4v) is 6.03. The number of nitrogens with one attached hydrogen (secondary N) is 2. The van der Waals surface area contributed by atoms with E-state index in [1.807, 2.05) is 0 Å². The number of anilines is 1. The molecule has 3 aliphatic rings. The Labute approximate surface area is 186 Å². The van der Waals surface area contributed by atoms with Crippen LogP contribution < -0.4 is 14.8 Å². The van der Waals surface area contributed by atoms with Crippen LogP contribution in [0.2, 0.25) is 0 Å². The Hall–Kier alpha value is -3.10. The van der Waals surface area contributed by atoms with Crippen molar-refractivity contribution in [3.05, 3.63) is 34.5 Å². The number of carbonyl (C=O) groups is 1. The zero-order valence-electron chi connectivity index (χ0n) is 17.7. The van der Waals surface area contributed by atoms with Crippen LogP contribution in [-0.4, -0.2) is 39.8 Å². The van der Waals surface area contributed by atoms with Gasteiger partial charge in [0, 0.05) is 12.8 Å². The van der Waals surface area contributed by atoms with E-state index in [1.165, 1.54) is 22.0 Å². The first-order chi connectivity index (χ1) is 15.5. The van der Waals surface area contributed by atoms with Gasteiger partial charge in [0.1, 0.15) is 12.7 Å². The Morgan fingerprint density at radius 1 is 1.31 bits per heavy atom. The van der Waals surface area contributed by atoms with Gasteiger partial charge >= 0.3 is 6.03 Å². The van der Waals surface area contributed by atoms with Crippen LogP contribution in [0.15, 0.2) is 21.5 Å². The van der Waals surface area contributed by atoms with Crippen molar-refractivity contribution in [1.82, 2.24) is 14.5 Å². The molecule has 1 aliphatic heterocycles. The van der Waals surface area contributed by atoms with Crippen LogP contribution >= 0.6 is 0 Å². The summed E-state index contributed by atoms with van der Waals surface area (Å²) in [6.07, 6.45) is 8.67. The number of hydrogen-bond donors (Lipinski definition) is 2. The molecule has 1 aromatic carbocycles. The van der Waals surface area contributed by atoms with E-state index in [-0.39, 0.29) is 23.5 Å². The summed E-state index contributed by atoms with van der Waals surface area (Å²) in [6.45, 7) is 0.647. The zero-order chi connectivity index (χ0) is 22.3. The van der Waals surface area contributed by atoms with E-state index in [2.05, 4.69) is 25.6 Å². The summed E-state index contributed by atoms with van der Waals surface area (Å²) < 4.78 is 32.2. The quantitative estimate of drug-likeness (QED) is 0.536. The monoisotopic (exact) mass is 456 g/mol. The highest BCUT2D eigenvalue weighted by atomic mass is 32.2. The molecular formula is C21H24N6O4S. The summed E-state index contributed by atoms with van der Waals surface area (Å²) >= 11 is 0. The van der Waals surface area contributed by atoms with E-state index in [0.717, 1.165) is 55.3 Å². The number of nitrogens with zero attached hydrogens (tertiary/aromatic N) is 4. The van der Waals surface area contributed by atoms with Gasteiger partial charge in [0.15, 0.2) is 21.0 Å². The topological polar surface area (TPSA) is 131 Å². The van der Waals surface area contributed by atoms with E-state index >= 15 is 0 Å².